The maximum atomic E-state index is 14.3. The smallest absolute Gasteiger partial charge is 0.333 e. The zero-order valence-corrected chi connectivity index (χ0v) is 38.0. The fourth-order valence-corrected chi connectivity index (χ4v) is 7.03. The summed E-state index contributed by atoms with van der Waals surface area (Å²) in [5.41, 5.74) is 12.3. The van der Waals surface area contributed by atoms with Crippen LogP contribution in [0.15, 0.2) is 109 Å². The third kappa shape index (κ3) is 15.6. The van der Waals surface area contributed by atoms with Crippen molar-refractivity contribution in [3.8, 4) is 11.1 Å². The highest BCUT2D eigenvalue weighted by molar-refractivity contribution is 5.93. The van der Waals surface area contributed by atoms with E-state index < -0.39 is 71.8 Å². The van der Waals surface area contributed by atoms with Gasteiger partial charge < -0.3 is 34.9 Å². The van der Waals surface area contributed by atoms with Crippen LogP contribution in [0.2, 0.25) is 0 Å². The molecule has 15 nitrogen and oxygen atoms in total. The lowest BCUT2D eigenvalue weighted by Gasteiger charge is -2.30. The highest BCUT2D eigenvalue weighted by Crippen LogP contribution is 2.44. The molecule has 0 aromatic heterocycles. The summed E-state index contributed by atoms with van der Waals surface area (Å²) in [6.07, 6.45) is -0.747. The summed E-state index contributed by atoms with van der Waals surface area (Å²) in [4.78, 5) is 82.3. The lowest BCUT2D eigenvalue weighted by Crippen LogP contribution is -2.54. The summed E-state index contributed by atoms with van der Waals surface area (Å²) < 4.78 is 23.1. The molecule has 2 atom stereocenters. The van der Waals surface area contributed by atoms with Gasteiger partial charge >= 0.3 is 24.0 Å². The number of carbonyl (C=O) groups excluding carboxylic acids is 6. The number of hydrogen-bond donors (Lipinski definition) is 3. The van der Waals surface area contributed by atoms with Crippen molar-refractivity contribution in [1.82, 2.24) is 20.7 Å². The Morgan fingerprint density at radius 3 is 1.78 bits per heavy atom. The van der Waals surface area contributed by atoms with Crippen LogP contribution < -0.4 is 16.5 Å². The number of Topliss-reactive ketones (excluding diaryl/α,β-unsaturated/α-hetero) is 1. The van der Waals surface area contributed by atoms with Crippen molar-refractivity contribution in [1.29, 1.82) is 0 Å². The summed E-state index contributed by atoms with van der Waals surface area (Å²) in [5, 5.41) is 3.54. The lowest BCUT2D eigenvalue weighted by atomic mass is 9.98. The van der Waals surface area contributed by atoms with Gasteiger partial charge in [-0.15, -0.1) is 0 Å². The zero-order valence-electron chi connectivity index (χ0n) is 38.0. The minimum Gasteiger partial charge on any atom is -0.463 e. The van der Waals surface area contributed by atoms with E-state index in [9.17, 15) is 28.8 Å². The van der Waals surface area contributed by atoms with Gasteiger partial charge in [-0.05, 0) is 74.9 Å². The Morgan fingerprint density at radius 1 is 0.677 bits per heavy atom. The number of carbonyl (C=O) groups is 6. The minimum atomic E-state index is -1.29. The third-order valence-electron chi connectivity index (χ3n) is 10.4. The molecule has 5 amide bonds. The van der Waals surface area contributed by atoms with Crippen LogP contribution in [-0.4, -0.2) is 95.8 Å². The van der Waals surface area contributed by atoms with Gasteiger partial charge in [-0.3, -0.25) is 24.6 Å². The third-order valence-corrected chi connectivity index (χ3v) is 10.4. The number of hydrazine groups is 1. The van der Waals surface area contributed by atoms with E-state index in [-0.39, 0.29) is 51.9 Å². The van der Waals surface area contributed by atoms with Crippen LogP contribution in [0.5, 0.6) is 0 Å². The van der Waals surface area contributed by atoms with Crippen molar-refractivity contribution in [2.45, 2.75) is 90.7 Å². The first-order chi connectivity index (χ1) is 30.9. The number of primary amides is 1. The Morgan fingerprint density at radius 2 is 1.22 bits per heavy atom. The van der Waals surface area contributed by atoms with E-state index in [4.69, 9.17) is 24.7 Å². The molecule has 1 aliphatic rings. The van der Waals surface area contributed by atoms with E-state index in [2.05, 4.69) is 10.7 Å². The van der Waals surface area contributed by atoms with E-state index in [1.807, 2.05) is 97.1 Å². The molecule has 0 heterocycles. The molecule has 0 unspecified atom stereocenters. The lowest BCUT2D eigenvalue weighted by molar-refractivity contribution is -0.146. The van der Waals surface area contributed by atoms with Gasteiger partial charge in [0.05, 0.1) is 43.3 Å². The molecule has 0 saturated heterocycles. The van der Waals surface area contributed by atoms with Gasteiger partial charge in [0.15, 0.2) is 5.78 Å². The number of amides is 5. The molecule has 1 aliphatic carbocycles. The van der Waals surface area contributed by atoms with Gasteiger partial charge in [-0.1, -0.05) is 109 Å². The Bertz CT molecular complexity index is 2210. The quantitative estimate of drug-likeness (QED) is 0.0637. The van der Waals surface area contributed by atoms with E-state index in [0.717, 1.165) is 38.4 Å². The first kappa shape index (κ1) is 49.4. The molecule has 0 spiro atoms. The summed E-state index contributed by atoms with van der Waals surface area (Å²) in [6.45, 7) is 9.50. The van der Waals surface area contributed by atoms with Crippen molar-refractivity contribution >= 4 is 35.7 Å². The molecular weight excluding hydrogens is 831 g/mol. The van der Waals surface area contributed by atoms with E-state index in [0.29, 0.717) is 0 Å². The molecule has 346 valence electrons. The second-order valence-electron chi connectivity index (χ2n) is 17.8. The molecule has 65 heavy (non-hydrogen) atoms. The van der Waals surface area contributed by atoms with Gasteiger partial charge in [0.2, 0.25) is 5.91 Å². The van der Waals surface area contributed by atoms with Crippen molar-refractivity contribution < 1.29 is 47.7 Å². The summed E-state index contributed by atoms with van der Waals surface area (Å²) in [6, 6.07) is 31.0. The van der Waals surface area contributed by atoms with Crippen LogP contribution in [0.3, 0.4) is 0 Å². The monoisotopic (exact) mass is 891 g/mol. The van der Waals surface area contributed by atoms with Crippen molar-refractivity contribution in [3.05, 3.63) is 131 Å². The van der Waals surface area contributed by atoms with Crippen LogP contribution in [-0.2, 0) is 51.3 Å². The molecule has 4 aromatic rings. The first-order valence-corrected chi connectivity index (χ1v) is 21.7. The van der Waals surface area contributed by atoms with Gasteiger partial charge in [0, 0.05) is 18.9 Å². The van der Waals surface area contributed by atoms with Gasteiger partial charge in [-0.25, -0.2) is 14.6 Å². The van der Waals surface area contributed by atoms with Crippen LogP contribution in [0.25, 0.3) is 11.1 Å². The number of ether oxygens (including phenoxy) is 4. The molecule has 0 radical (unpaired) electrons. The molecule has 0 aliphatic heterocycles. The molecule has 4 N–H and O–H groups in total. The van der Waals surface area contributed by atoms with Gasteiger partial charge in [0.1, 0.15) is 25.8 Å². The molecule has 15 heteroatoms. The van der Waals surface area contributed by atoms with Crippen molar-refractivity contribution in [2.75, 3.05) is 32.9 Å². The molecular formula is C50H61N5O10. The highest BCUT2D eigenvalue weighted by atomic mass is 16.5. The highest BCUT2D eigenvalue weighted by Gasteiger charge is 2.34. The number of urea groups is 2. The topological polar surface area (TPSA) is 196 Å². The van der Waals surface area contributed by atoms with Crippen molar-refractivity contribution in [2.24, 2.45) is 11.7 Å². The summed E-state index contributed by atoms with van der Waals surface area (Å²) >= 11 is 0. The number of esters is 2. The number of hydrogen-bond acceptors (Lipinski definition) is 10. The largest absolute Gasteiger partial charge is 0.463 e. The zero-order chi connectivity index (χ0) is 47.1. The average Bonchev–Trinajstić information content (AvgIpc) is 3.59. The standard InChI is InChI=1S/C50H61N5O10/c1-49(2,3)64-31-36(46(59)53-55(47(51)60)26-25-44(57)62-30-35-19-11-8-12-20-35)27-43(56)42(33-65-50(4,5)6)52-48(61)54(28-34-17-9-7-10-18-34)29-45(58)63-32-41-39-23-15-13-21-37(39)38-22-14-16-24-40(38)41/h7-24,36,41-42H,25-33H2,1-6H3,(H2,51,60)(H,52,61)(H,53,59)/t36-,42-/m0/s1. The maximum Gasteiger partial charge on any atom is 0.333 e. The fourth-order valence-electron chi connectivity index (χ4n) is 7.03. The van der Waals surface area contributed by atoms with Crippen molar-refractivity contribution in [3.63, 3.8) is 0 Å². The molecule has 0 bridgehead atoms. The van der Waals surface area contributed by atoms with Crippen LogP contribution in [0, 0.1) is 5.92 Å². The number of fused-ring (bicyclic) bond motifs is 3. The predicted octanol–water partition coefficient (Wildman–Crippen LogP) is 6.67. The van der Waals surface area contributed by atoms with E-state index in [1.165, 1.54) is 4.90 Å². The van der Waals surface area contributed by atoms with E-state index >= 15 is 0 Å². The molecule has 0 fully saturated rings. The minimum absolute atomic E-state index is 0.00507. The van der Waals surface area contributed by atoms with Crippen LogP contribution >= 0.6 is 0 Å². The Hall–Kier alpha value is -6.58. The Labute approximate surface area is 380 Å². The average molecular weight is 892 g/mol. The number of benzene rings is 4. The maximum absolute atomic E-state index is 14.3. The summed E-state index contributed by atoms with van der Waals surface area (Å²) in [5.74, 6) is -4.04. The van der Waals surface area contributed by atoms with E-state index in [1.54, 1.807) is 53.7 Å². The second kappa shape index (κ2) is 22.9. The normalized spacial score (nSPS) is 13.1. The Kier molecular flexibility index (Phi) is 17.4. The summed E-state index contributed by atoms with van der Waals surface area (Å²) in [7, 11) is 0. The number of ketones is 1. The van der Waals surface area contributed by atoms with Crippen LogP contribution in [0.1, 0.15) is 82.6 Å². The van der Waals surface area contributed by atoms with Crippen LogP contribution in [0.4, 0.5) is 9.59 Å². The molecule has 5 rings (SSSR count). The second-order valence-corrected chi connectivity index (χ2v) is 17.8. The number of nitrogens with two attached hydrogens (primary N) is 1. The number of rotatable bonds is 20. The molecule has 4 aromatic carbocycles. The van der Waals surface area contributed by atoms with Gasteiger partial charge in [-0.2, -0.15) is 0 Å². The SMILES string of the molecule is CC(C)(C)OC[C@H](CC(=O)[C@H](COC(C)(C)C)NC(=O)N(CC(=O)OCC1c2ccccc2-c2ccccc21)Cc1ccccc1)C(=O)NN(CCC(=O)OCc1ccccc1)C(N)=O. The Balaban J connectivity index is 1.29. The number of nitrogens with zero attached hydrogens (tertiary/aromatic N) is 2. The van der Waals surface area contributed by atoms with Gasteiger partial charge in [0.25, 0.3) is 0 Å². The fraction of sp³-hybridized carbons (Fsp3) is 0.400. The number of nitrogens with one attached hydrogen (secondary N) is 2. The first-order valence-electron chi connectivity index (χ1n) is 21.7. The predicted molar refractivity (Wildman–Crippen MR) is 244 cm³/mol. The molecule has 0 saturated carbocycles.